The zero-order valence-corrected chi connectivity index (χ0v) is 10.8. The number of hydrogen-bond donors (Lipinski definition) is 0. The van der Waals surface area contributed by atoms with Gasteiger partial charge < -0.3 is 4.90 Å². The van der Waals surface area contributed by atoms with E-state index in [1.807, 2.05) is 16.8 Å². The van der Waals surface area contributed by atoms with Gasteiger partial charge in [-0.2, -0.15) is 11.3 Å². The van der Waals surface area contributed by atoms with Crippen LogP contribution in [0.15, 0.2) is 29.0 Å². The molecule has 0 atom stereocenters. The van der Waals surface area contributed by atoms with Crippen LogP contribution in [0.2, 0.25) is 0 Å². The van der Waals surface area contributed by atoms with Crippen molar-refractivity contribution in [1.82, 2.24) is 4.90 Å². The number of amides is 1. The first-order valence-corrected chi connectivity index (χ1v) is 6.35. The normalized spacial score (nSPS) is 10.5. The van der Waals surface area contributed by atoms with Crippen molar-refractivity contribution in [2.45, 2.75) is 6.54 Å². The van der Waals surface area contributed by atoms with Crippen LogP contribution in [-0.4, -0.2) is 17.9 Å². The van der Waals surface area contributed by atoms with Crippen LogP contribution in [0.4, 0.5) is 13.2 Å². The standard InChI is InChI=1S/C13H10F3NOS/c1-17(6-8-4-5-19-7-8)13(18)9-2-3-10(14)12(16)11(9)15/h2-5,7H,6H2,1H3. The number of thiophene rings is 1. The SMILES string of the molecule is CN(Cc1ccsc1)C(=O)c1ccc(F)c(F)c1F. The molecule has 1 amide bonds. The summed E-state index contributed by atoms with van der Waals surface area (Å²) >= 11 is 1.48. The van der Waals surface area contributed by atoms with Crippen molar-refractivity contribution in [3.05, 3.63) is 57.5 Å². The van der Waals surface area contributed by atoms with E-state index in [-0.39, 0.29) is 6.54 Å². The second-order valence-electron chi connectivity index (χ2n) is 4.02. The molecule has 0 unspecified atom stereocenters. The van der Waals surface area contributed by atoms with Crippen molar-refractivity contribution in [3.63, 3.8) is 0 Å². The van der Waals surface area contributed by atoms with Gasteiger partial charge in [0.05, 0.1) is 5.56 Å². The summed E-state index contributed by atoms with van der Waals surface area (Å²) in [4.78, 5) is 13.2. The van der Waals surface area contributed by atoms with Gasteiger partial charge in [-0.15, -0.1) is 0 Å². The van der Waals surface area contributed by atoms with Crippen LogP contribution in [0, 0.1) is 17.5 Å². The lowest BCUT2D eigenvalue weighted by molar-refractivity contribution is 0.0779. The highest BCUT2D eigenvalue weighted by atomic mass is 32.1. The van der Waals surface area contributed by atoms with Crippen LogP contribution in [-0.2, 0) is 6.54 Å². The second-order valence-corrected chi connectivity index (χ2v) is 4.80. The van der Waals surface area contributed by atoms with Gasteiger partial charge in [0, 0.05) is 13.6 Å². The smallest absolute Gasteiger partial charge is 0.256 e. The molecule has 0 N–H and O–H groups in total. The molecule has 2 aromatic rings. The van der Waals surface area contributed by atoms with Crippen LogP contribution in [0.5, 0.6) is 0 Å². The molecule has 1 aromatic heterocycles. The lowest BCUT2D eigenvalue weighted by Crippen LogP contribution is -2.27. The number of halogens is 3. The fraction of sp³-hybridized carbons (Fsp3) is 0.154. The third-order valence-electron chi connectivity index (χ3n) is 2.61. The maximum atomic E-state index is 13.5. The number of carbonyl (C=O) groups excluding carboxylic acids is 1. The van der Waals surface area contributed by atoms with Crippen molar-refractivity contribution in [2.24, 2.45) is 0 Å². The van der Waals surface area contributed by atoms with Crippen molar-refractivity contribution < 1.29 is 18.0 Å². The van der Waals surface area contributed by atoms with E-state index in [2.05, 4.69) is 0 Å². The van der Waals surface area contributed by atoms with Gasteiger partial charge in [0.1, 0.15) is 0 Å². The Morgan fingerprint density at radius 3 is 2.58 bits per heavy atom. The summed E-state index contributed by atoms with van der Waals surface area (Å²) in [6.45, 7) is 0.279. The molecule has 0 aliphatic carbocycles. The molecule has 0 radical (unpaired) electrons. The van der Waals surface area contributed by atoms with Gasteiger partial charge in [-0.05, 0) is 34.5 Å². The van der Waals surface area contributed by atoms with Gasteiger partial charge in [-0.1, -0.05) is 0 Å². The Morgan fingerprint density at radius 1 is 1.21 bits per heavy atom. The fourth-order valence-electron chi connectivity index (χ4n) is 1.62. The molecule has 0 spiro atoms. The summed E-state index contributed by atoms with van der Waals surface area (Å²) in [6, 6.07) is 3.51. The van der Waals surface area contributed by atoms with Gasteiger partial charge in [0.25, 0.3) is 5.91 Å². The van der Waals surface area contributed by atoms with Crippen molar-refractivity contribution in [3.8, 4) is 0 Å². The largest absolute Gasteiger partial charge is 0.337 e. The number of hydrogen-bond acceptors (Lipinski definition) is 2. The minimum absolute atomic E-state index is 0.279. The van der Waals surface area contributed by atoms with Crippen molar-refractivity contribution >= 4 is 17.2 Å². The Hall–Kier alpha value is -1.82. The van der Waals surface area contributed by atoms with Gasteiger partial charge in [0.15, 0.2) is 17.5 Å². The fourth-order valence-corrected chi connectivity index (χ4v) is 2.28. The number of carbonyl (C=O) groups is 1. The summed E-state index contributed by atoms with van der Waals surface area (Å²) in [5.74, 6) is -5.09. The number of rotatable bonds is 3. The summed E-state index contributed by atoms with van der Waals surface area (Å²) < 4.78 is 39.4. The molecule has 0 bridgehead atoms. The monoisotopic (exact) mass is 285 g/mol. The minimum atomic E-state index is -1.63. The summed E-state index contributed by atoms with van der Waals surface area (Å²) in [5, 5.41) is 3.71. The van der Waals surface area contributed by atoms with Gasteiger partial charge in [-0.3, -0.25) is 4.79 Å². The second kappa shape index (κ2) is 5.44. The van der Waals surface area contributed by atoms with Crippen LogP contribution >= 0.6 is 11.3 Å². The molecule has 6 heteroatoms. The maximum Gasteiger partial charge on any atom is 0.256 e. The molecule has 2 nitrogen and oxygen atoms in total. The topological polar surface area (TPSA) is 20.3 Å². The highest BCUT2D eigenvalue weighted by Gasteiger charge is 2.21. The highest BCUT2D eigenvalue weighted by Crippen LogP contribution is 2.18. The molecule has 0 saturated carbocycles. The van der Waals surface area contributed by atoms with Crippen LogP contribution in [0.1, 0.15) is 15.9 Å². The molecular weight excluding hydrogens is 275 g/mol. The molecule has 0 aliphatic rings. The van der Waals surface area contributed by atoms with E-state index in [1.54, 1.807) is 0 Å². The predicted molar refractivity (Wildman–Crippen MR) is 66.4 cm³/mol. The van der Waals surface area contributed by atoms with E-state index in [9.17, 15) is 18.0 Å². The Labute approximate surface area is 112 Å². The molecule has 1 aromatic carbocycles. The van der Waals surface area contributed by atoms with E-state index in [1.165, 1.54) is 23.3 Å². The van der Waals surface area contributed by atoms with E-state index < -0.39 is 28.9 Å². The van der Waals surface area contributed by atoms with E-state index in [4.69, 9.17) is 0 Å². The van der Waals surface area contributed by atoms with Crippen molar-refractivity contribution in [2.75, 3.05) is 7.05 Å². The maximum absolute atomic E-state index is 13.5. The highest BCUT2D eigenvalue weighted by molar-refractivity contribution is 7.07. The number of benzene rings is 1. The minimum Gasteiger partial charge on any atom is -0.337 e. The first-order valence-electron chi connectivity index (χ1n) is 5.40. The van der Waals surface area contributed by atoms with E-state index in [0.717, 1.165) is 17.7 Å². The number of nitrogens with zero attached hydrogens (tertiary/aromatic N) is 1. The first kappa shape index (κ1) is 13.6. The zero-order valence-electron chi connectivity index (χ0n) is 9.99. The average molecular weight is 285 g/mol. The van der Waals surface area contributed by atoms with Gasteiger partial charge in [-0.25, -0.2) is 13.2 Å². The summed E-state index contributed by atoms with van der Waals surface area (Å²) in [7, 11) is 1.47. The average Bonchev–Trinajstić information content (AvgIpc) is 2.88. The molecule has 100 valence electrons. The Balaban J connectivity index is 2.22. The van der Waals surface area contributed by atoms with Crippen LogP contribution in [0.3, 0.4) is 0 Å². The molecular formula is C13H10F3NOS. The third-order valence-corrected chi connectivity index (χ3v) is 3.34. The molecule has 19 heavy (non-hydrogen) atoms. The Bertz CT molecular complexity index is 598. The lowest BCUT2D eigenvalue weighted by Gasteiger charge is -2.17. The van der Waals surface area contributed by atoms with Crippen LogP contribution < -0.4 is 0 Å². The molecule has 0 aliphatic heterocycles. The quantitative estimate of drug-likeness (QED) is 0.791. The summed E-state index contributed by atoms with van der Waals surface area (Å²) in [6.07, 6.45) is 0. The first-order chi connectivity index (χ1) is 9.00. The molecule has 0 fully saturated rings. The molecule has 0 saturated heterocycles. The Kier molecular flexibility index (Phi) is 3.90. The Morgan fingerprint density at radius 2 is 1.95 bits per heavy atom. The van der Waals surface area contributed by atoms with Crippen LogP contribution in [0.25, 0.3) is 0 Å². The van der Waals surface area contributed by atoms with Crippen molar-refractivity contribution in [1.29, 1.82) is 0 Å². The van der Waals surface area contributed by atoms with Gasteiger partial charge in [0.2, 0.25) is 0 Å². The molecule has 1 heterocycles. The third kappa shape index (κ3) is 2.78. The summed E-state index contributed by atoms with van der Waals surface area (Å²) in [5.41, 5.74) is 0.417. The molecule has 2 rings (SSSR count). The van der Waals surface area contributed by atoms with E-state index in [0.29, 0.717) is 0 Å². The van der Waals surface area contributed by atoms with Gasteiger partial charge >= 0.3 is 0 Å². The zero-order chi connectivity index (χ0) is 14.0. The lowest BCUT2D eigenvalue weighted by atomic mass is 10.1. The predicted octanol–water partition coefficient (Wildman–Crippen LogP) is 3.44. The van der Waals surface area contributed by atoms with E-state index >= 15 is 0 Å².